The van der Waals surface area contributed by atoms with Gasteiger partial charge in [-0.05, 0) is 53.9 Å². The van der Waals surface area contributed by atoms with Crippen molar-refractivity contribution >= 4 is 50.5 Å². The first kappa shape index (κ1) is 23.1. The minimum absolute atomic E-state index is 0.0557. The van der Waals surface area contributed by atoms with E-state index in [4.69, 9.17) is 23.2 Å². The second-order valence-electron chi connectivity index (χ2n) is 7.28. The number of anilines is 2. The fourth-order valence-corrected chi connectivity index (χ4v) is 4.94. The van der Waals surface area contributed by atoms with Crippen molar-refractivity contribution in [2.24, 2.45) is 0 Å². The quantitative estimate of drug-likeness (QED) is 0.457. The van der Waals surface area contributed by atoms with Gasteiger partial charge in [0.15, 0.2) is 0 Å². The predicted octanol–water partition coefficient (Wildman–Crippen LogP) is 5.95. The minimum atomic E-state index is -4.04. The normalized spacial score (nSPS) is 11.4. The molecule has 0 atom stereocenters. The van der Waals surface area contributed by atoms with Crippen molar-refractivity contribution in [3.63, 3.8) is 0 Å². The molecule has 3 aromatic carbocycles. The fraction of sp³-hybridized carbons (Fsp3) is 0.174. The van der Waals surface area contributed by atoms with E-state index in [9.17, 15) is 13.2 Å². The number of hydrogen-bond acceptors (Lipinski definition) is 3. The number of nitrogens with one attached hydrogen (secondary N) is 1. The summed E-state index contributed by atoms with van der Waals surface area (Å²) in [7, 11) is -4.04. The summed E-state index contributed by atoms with van der Waals surface area (Å²) in [4.78, 5) is 12.8. The number of nitrogens with zero attached hydrogens (tertiary/aromatic N) is 1. The number of amides is 1. The van der Waals surface area contributed by atoms with Crippen LogP contribution in [0.25, 0.3) is 0 Å². The van der Waals surface area contributed by atoms with Gasteiger partial charge in [-0.3, -0.25) is 9.10 Å². The highest BCUT2D eigenvalue weighted by atomic mass is 35.5. The molecule has 0 unspecified atom stereocenters. The molecule has 3 rings (SSSR count). The zero-order valence-corrected chi connectivity index (χ0v) is 19.4. The van der Waals surface area contributed by atoms with Crippen LogP contribution in [0.3, 0.4) is 0 Å². The molecule has 0 saturated carbocycles. The average Bonchev–Trinajstić information content (AvgIpc) is 2.72. The Bertz CT molecular complexity index is 1140. The second-order valence-corrected chi connectivity index (χ2v) is 10.0. The largest absolute Gasteiger partial charge is 0.325 e. The topological polar surface area (TPSA) is 66.5 Å². The number of carbonyl (C=O) groups excluding carboxylic acids is 1. The Labute approximate surface area is 192 Å². The van der Waals surface area contributed by atoms with Crippen molar-refractivity contribution in [1.29, 1.82) is 0 Å². The van der Waals surface area contributed by atoms with Crippen LogP contribution in [0.4, 0.5) is 11.4 Å². The fourth-order valence-electron chi connectivity index (χ4n) is 3.00. The molecule has 0 aliphatic heterocycles. The highest BCUT2D eigenvalue weighted by Crippen LogP contribution is 2.29. The van der Waals surface area contributed by atoms with Gasteiger partial charge in [-0.1, -0.05) is 67.4 Å². The monoisotopic (exact) mass is 476 g/mol. The Hall–Kier alpha value is -2.54. The standard InChI is InChI=1S/C23H22Cl2N2O3S/c1-16(2)17-8-10-20(11-9-17)26-23(28)15-27(21-13-18(24)12-19(25)14-21)31(29,30)22-6-4-3-5-7-22/h3-14,16H,15H2,1-2H3,(H,26,28). The van der Waals surface area contributed by atoms with E-state index in [1.807, 2.05) is 12.1 Å². The highest BCUT2D eigenvalue weighted by Gasteiger charge is 2.27. The van der Waals surface area contributed by atoms with Crippen molar-refractivity contribution in [2.75, 3.05) is 16.2 Å². The number of rotatable bonds is 7. The van der Waals surface area contributed by atoms with Crippen molar-refractivity contribution in [1.82, 2.24) is 0 Å². The highest BCUT2D eigenvalue weighted by molar-refractivity contribution is 7.92. The van der Waals surface area contributed by atoms with Crippen LogP contribution in [0.5, 0.6) is 0 Å². The molecule has 0 fully saturated rings. The van der Waals surface area contributed by atoms with E-state index in [-0.39, 0.29) is 20.6 Å². The molecule has 0 saturated heterocycles. The summed E-state index contributed by atoms with van der Waals surface area (Å²) in [5.74, 6) is -0.128. The van der Waals surface area contributed by atoms with Crippen molar-refractivity contribution < 1.29 is 13.2 Å². The molecule has 0 aliphatic carbocycles. The molecule has 0 aliphatic rings. The third-order valence-corrected chi connectivity index (χ3v) is 6.84. The zero-order chi connectivity index (χ0) is 22.6. The summed E-state index contributed by atoms with van der Waals surface area (Å²) in [5.41, 5.74) is 1.92. The third-order valence-electron chi connectivity index (χ3n) is 4.61. The predicted molar refractivity (Wildman–Crippen MR) is 127 cm³/mol. The SMILES string of the molecule is CC(C)c1ccc(NC(=O)CN(c2cc(Cl)cc(Cl)c2)S(=O)(=O)c2ccccc2)cc1. The van der Waals surface area contributed by atoms with Gasteiger partial charge in [-0.2, -0.15) is 0 Å². The molecule has 1 N–H and O–H groups in total. The molecule has 0 spiro atoms. The molecule has 162 valence electrons. The molecule has 8 heteroatoms. The van der Waals surface area contributed by atoms with Crippen LogP contribution in [0.2, 0.25) is 10.0 Å². The lowest BCUT2D eigenvalue weighted by Crippen LogP contribution is -2.38. The van der Waals surface area contributed by atoms with E-state index in [2.05, 4.69) is 19.2 Å². The van der Waals surface area contributed by atoms with Crippen LogP contribution in [0.15, 0.2) is 77.7 Å². The van der Waals surface area contributed by atoms with Crippen LogP contribution < -0.4 is 9.62 Å². The Morgan fingerprint density at radius 1 is 0.935 bits per heavy atom. The van der Waals surface area contributed by atoms with Crippen LogP contribution in [0.1, 0.15) is 25.3 Å². The van der Waals surface area contributed by atoms with E-state index in [1.54, 1.807) is 30.3 Å². The molecule has 5 nitrogen and oxygen atoms in total. The molecule has 0 radical (unpaired) electrons. The van der Waals surface area contributed by atoms with Crippen molar-refractivity contribution in [3.8, 4) is 0 Å². The first-order chi connectivity index (χ1) is 14.7. The van der Waals surface area contributed by atoms with Crippen molar-refractivity contribution in [2.45, 2.75) is 24.7 Å². The molecule has 3 aromatic rings. The van der Waals surface area contributed by atoms with Crippen LogP contribution >= 0.6 is 23.2 Å². The average molecular weight is 477 g/mol. The van der Waals surface area contributed by atoms with E-state index < -0.39 is 22.5 Å². The van der Waals surface area contributed by atoms with Crippen LogP contribution in [0, 0.1) is 0 Å². The molecule has 0 bridgehead atoms. The molecule has 0 heterocycles. The Balaban J connectivity index is 1.92. The minimum Gasteiger partial charge on any atom is -0.325 e. The van der Waals surface area contributed by atoms with Gasteiger partial charge in [0, 0.05) is 15.7 Å². The molecule has 31 heavy (non-hydrogen) atoms. The number of carbonyl (C=O) groups is 1. The van der Waals surface area contributed by atoms with E-state index in [1.165, 1.54) is 30.3 Å². The first-order valence-corrected chi connectivity index (χ1v) is 11.8. The smallest absolute Gasteiger partial charge is 0.264 e. The molecular formula is C23H22Cl2N2O3S. The van der Waals surface area contributed by atoms with Gasteiger partial charge >= 0.3 is 0 Å². The van der Waals surface area contributed by atoms with E-state index in [0.717, 1.165) is 9.87 Å². The van der Waals surface area contributed by atoms with E-state index in [0.29, 0.717) is 11.6 Å². The summed E-state index contributed by atoms with van der Waals surface area (Å²) in [5, 5.41) is 3.28. The van der Waals surface area contributed by atoms with Gasteiger partial charge in [-0.25, -0.2) is 8.42 Å². The molecular weight excluding hydrogens is 455 g/mol. The van der Waals surface area contributed by atoms with Gasteiger partial charge < -0.3 is 5.32 Å². The molecule has 1 amide bonds. The second kappa shape index (κ2) is 9.73. The molecule has 0 aromatic heterocycles. The van der Waals surface area contributed by atoms with Gasteiger partial charge in [0.1, 0.15) is 6.54 Å². The van der Waals surface area contributed by atoms with Gasteiger partial charge in [-0.15, -0.1) is 0 Å². The number of halogens is 2. The number of sulfonamides is 1. The van der Waals surface area contributed by atoms with Gasteiger partial charge in [0.05, 0.1) is 10.6 Å². The lowest BCUT2D eigenvalue weighted by atomic mass is 10.0. The summed E-state index contributed by atoms with van der Waals surface area (Å²) in [6.07, 6.45) is 0. The Morgan fingerprint density at radius 2 is 1.52 bits per heavy atom. The van der Waals surface area contributed by atoms with E-state index >= 15 is 0 Å². The Kier molecular flexibility index (Phi) is 7.26. The van der Waals surface area contributed by atoms with Gasteiger partial charge in [0.2, 0.25) is 5.91 Å². The number of hydrogen-bond donors (Lipinski definition) is 1. The number of benzene rings is 3. The maximum absolute atomic E-state index is 13.3. The lowest BCUT2D eigenvalue weighted by Gasteiger charge is -2.24. The summed E-state index contributed by atoms with van der Waals surface area (Å²) in [6, 6.07) is 19.7. The first-order valence-electron chi connectivity index (χ1n) is 9.60. The summed E-state index contributed by atoms with van der Waals surface area (Å²) in [6.45, 7) is 3.71. The maximum atomic E-state index is 13.3. The van der Waals surface area contributed by atoms with Crippen molar-refractivity contribution in [3.05, 3.63) is 88.4 Å². The zero-order valence-electron chi connectivity index (χ0n) is 17.0. The summed E-state index contributed by atoms with van der Waals surface area (Å²) >= 11 is 12.2. The van der Waals surface area contributed by atoms with Crippen LogP contribution in [-0.4, -0.2) is 20.9 Å². The summed E-state index contributed by atoms with van der Waals surface area (Å²) < 4.78 is 27.6. The van der Waals surface area contributed by atoms with Crippen LogP contribution in [-0.2, 0) is 14.8 Å². The van der Waals surface area contributed by atoms with Gasteiger partial charge in [0.25, 0.3) is 10.0 Å². The third kappa shape index (κ3) is 5.79. The Morgan fingerprint density at radius 3 is 2.06 bits per heavy atom. The lowest BCUT2D eigenvalue weighted by molar-refractivity contribution is -0.114. The maximum Gasteiger partial charge on any atom is 0.264 e.